The maximum atomic E-state index is 13.7. The largest absolute Gasteiger partial charge is 0.369 e. The van der Waals surface area contributed by atoms with Gasteiger partial charge in [0.2, 0.25) is 0 Å². The van der Waals surface area contributed by atoms with Crippen LogP contribution in [0.15, 0.2) is 41.2 Å². The summed E-state index contributed by atoms with van der Waals surface area (Å²) in [5.41, 5.74) is 7.78. The fourth-order valence-corrected chi connectivity index (χ4v) is 6.44. The molecule has 0 amide bonds. The number of nitrogens with zero attached hydrogens (tertiary/aromatic N) is 6. The van der Waals surface area contributed by atoms with Crippen molar-refractivity contribution in [3.63, 3.8) is 0 Å². The van der Waals surface area contributed by atoms with Crippen molar-refractivity contribution in [3.05, 3.63) is 80.4 Å². The van der Waals surface area contributed by atoms with E-state index in [4.69, 9.17) is 0 Å². The van der Waals surface area contributed by atoms with Gasteiger partial charge in [0.1, 0.15) is 6.04 Å². The van der Waals surface area contributed by atoms with Gasteiger partial charge in [0.05, 0.1) is 6.04 Å². The highest BCUT2D eigenvalue weighted by Crippen LogP contribution is 2.34. The van der Waals surface area contributed by atoms with Crippen molar-refractivity contribution in [2.45, 2.75) is 71.9 Å². The summed E-state index contributed by atoms with van der Waals surface area (Å²) in [5.74, 6) is 0.788. The zero-order chi connectivity index (χ0) is 27.1. The van der Waals surface area contributed by atoms with E-state index >= 15 is 0 Å². The number of aromatic amines is 1. The minimum absolute atomic E-state index is 0.0640. The lowest BCUT2D eigenvalue weighted by Gasteiger charge is -2.40. The monoisotopic (exact) mass is 525 g/mol. The van der Waals surface area contributed by atoms with Crippen molar-refractivity contribution in [1.29, 1.82) is 0 Å². The average Bonchev–Trinajstić information content (AvgIpc) is 3.42. The SMILES string of the molecule is Cc1ccc(C)c(N2CCN(C(c3cc4cc(C)c(C)cc4[nH]c3=O)c3nnnn3C3CCCCC3)CC2)c1. The number of aryl methyl sites for hydroxylation is 4. The normalized spacial score (nSPS) is 18.1. The number of H-pyrrole nitrogens is 1. The number of piperazine rings is 1. The van der Waals surface area contributed by atoms with Crippen LogP contribution in [-0.4, -0.2) is 56.3 Å². The number of aromatic nitrogens is 5. The average molecular weight is 526 g/mol. The summed E-state index contributed by atoms with van der Waals surface area (Å²) >= 11 is 0. The zero-order valence-corrected chi connectivity index (χ0v) is 23.6. The smallest absolute Gasteiger partial charge is 0.253 e. The first-order valence-electron chi connectivity index (χ1n) is 14.4. The van der Waals surface area contributed by atoms with Gasteiger partial charge in [-0.15, -0.1) is 5.10 Å². The standard InChI is InChI=1S/C31H39N7O/c1-20-10-11-21(2)28(16-20)36-12-14-37(15-13-36)29(30-33-34-35-38(30)25-8-6-5-7-9-25)26-19-24-17-22(3)23(4)18-27(24)32-31(26)39/h10-11,16-19,25,29H,5-9,12-15H2,1-4H3,(H,32,39). The highest BCUT2D eigenvalue weighted by Gasteiger charge is 2.34. The summed E-state index contributed by atoms with van der Waals surface area (Å²) in [4.78, 5) is 21.8. The van der Waals surface area contributed by atoms with Gasteiger partial charge in [0.15, 0.2) is 5.82 Å². The number of rotatable bonds is 5. The predicted octanol–water partition coefficient (Wildman–Crippen LogP) is 5.17. The minimum atomic E-state index is -0.308. The molecule has 0 spiro atoms. The van der Waals surface area contributed by atoms with Crippen LogP contribution < -0.4 is 10.5 Å². The summed E-state index contributed by atoms with van der Waals surface area (Å²) < 4.78 is 2.03. The van der Waals surface area contributed by atoms with Crippen molar-refractivity contribution < 1.29 is 0 Å². The molecule has 8 nitrogen and oxygen atoms in total. The Bertz CT molecular complexity index is 1540. The molecule has 8 heteroatoms. The molecule has 4 aromatic rings. The van der Waals surface area contributed by atoms with Crippen LogP contribution in [0.3, 0.4) is 0 Å². The highest BCUT2D eigenvalue weighted by molar-refractivity contribution is 5.81. The van der Waals surface area contributed by atoms with Crippen molar-refractivity contribution >= 4 is 16.6 Å². The summed E-state index contributed by atoms with van der Waals surface area (Å²) in [6, 6.07) is 12.9. The van der Waals surface area contributed by atoms with E-state index < -0.39 is 0 Å². The molecular formula is C31H39N7O. The number of benzene rings is 2. The Kier molecular flexibility index (Phi) is 6.97. The lowest BCUT2D eigenvalue weighted by atomic mass is 9.95. The van der Waals surface area contributed by atoms with Crippen LogP contribution >= 0.6 is 0 Å². The molecule has 1 unspecified atom stereocenters. The van der Waals surface area contributed by atoms with E-state index in [1.165, 1.54) is 47.2 Å². The van der Waals surface area contributed by atoms with Crippen LogP contribution in [0.4, 0.5) is 5.69 Å². The molecule has 1 aliphatic carbocycles. The highest BCUT2D eigenvalue weighted by atomic mass is 16.1. The molecule has 204 valence electrons. The van der Waals surface area contributed by atoms with E-state index in [-0.39, 0.29) is 17.6 Å². The molecule has 1 aliphatic heterocycles. The number of nitrogens with one attached hydrogen (secondary N) is 1. The fraction of sp³-hybridized carbons (Fsp3) is 0.484. The third kappa shape index (κ3) is 4.98. The fourth-order valence-electron chi connectivity index (χ4n) is 6.44. The van der Waals surface area contributed by atoms with Gasteiger partial charge < -0.3 is 9.88 Å². The van der Waals surface area contributed by atoms with Crippen molar-refractivity contribution in [1.82, 2.24) is 30.1 Å². The Morgan fingerprint density at radius 2 is 1.62 bits per heavy atom. The number of anilines is 1. The van der Waals surface area contributed by atoms with Gasteiger partial charge in [-0.1, -0.05) is 31.4 Å². The predicted molar refractivity (Wildman–Crippen MR) is 156 cm³/mol. The number of tetrazole rings is 1. The summed E-state index contributed by atoms with van der Waals surface area (Å²) in [5, 5.41) is 14.3. The number of hydrogen-bond acceptors (Lipinski definition) is 6. The first-order valence-corrected chi connectivity index (χ1v) is 14.4. The van der Waals surface area contributed by atoms with Crippen LogP contribution in [0.5, 0.6) is 0 Å². The summed E-state index contributed by atoms with van der Waals surface area (Å²) in [6.45, 7) is 11.9. The maximum absolute atomic E-state index is 13.7. The first kappa shape index (κ1) is 25.7. The Balaban J connectivity index is 1.40. The number of hydrogen-bond donors (Lipinski definition) is 1. The molecular weight excluding hydrogens is 486 g/mol. The molecule has 2 fully saturated rings. The molecule has 1 saturated heterocycles. The third-order valence-corrected chi connectivity index (χ3v) is 8.85. The van der Waals surface area contributed by atoms with Crippen LogP contribution in [0, 0.1) is 27.7 Å². The van der Waals surface area contributed by atoms with E-state index in [9.17, 15) is 4.79 Å². The van der Waals surface area contributed by atoms with Gasteiger partial charge in [0, 0.05) is 42.9 Å². The molecule has 1 atom stereocenters. The van der Waals surface area contributed by atoms with Crippen molar-refractivity contribution in [2.75, 3.05) is 31.1 Å². The quantitative estimate of drug-likeness (QED) is 0.387. The lowest BCUT2D eigenvalue weighted by Crippen LogP contribution is -2.49. The zero-order valence-electron chi connectivity index (χ0n) is 23.6. The molecule has 2 aromatic carbocycles. The molecule has 1 N–H and O–H groups in total. The van der Waals surface area contributed by atoms with Gasteiger partial charge in [0.25, 0.3) is 5.56 Å². The molecule has 1 saturated carbocycles. The van der Waals surface area contributed by atoms with Gasteiger partial charge in [-0.05, 0) is 103 Å². The third-order valence-electron chi connectivity index (χ3n) is 8.85. The summed E-state index contributed by atoms with van der Waals surface area (Å²) in [6.07, 6.45) is 5.81. The van der Waals surface area contributed by atoms with Crippen molar-refractivity contribution in [2.24, 2.45) is 0 Å². The van der Waals surface area contributed by atoms with E-state index in [2.05, 4.69) is 94.4 Å². The minimum Gasteiger partial charge on any atom is -0.369 e. The second kappa shape index (κ2) is 10.6. The molecule has 2 aliphatic rings. The van der Waals surface area contributed by atoms with Gasteiger partial charge in [-0.2, -0.15) is 0 Å². The first-order chi connectivity index (χ1) is 18.9. The second-order valence-corrected chi connectivity index (χ2v) is 11.6. The van der Waals surface area contributed by atoms with E-state index in [0.29, 0.717) is 0 Å². The Morgan fingerprint density at radius 3 is 2.38 bits per heavy atom. The molecule has 3 heterocycles. The van der Waals surface area contributed by atoms with Crippen molar-refractivity contribution in [3.8, 4) is 0 Å². The van der Waals surface area contributed by atoms with Gasteiger partial charge in [-0.25, -0.2) is 4.68 Å². The summed E-state index contributed by atoms with van der Waals surface area (Å²) in [7, 11) is 0. The van der Waals surface area contributed by atoms with Crippen LogP contribution in [0.1, 0.15) is 77.8 Å². The molecule has 0 radical (unpaired) electrons. The Hall–Kier alpha value is -3.52. The lowest BCUT2D eigenvalue weighted by molar-refractivity contribution is 0.192. The molecule has 6 rings (SSSR count). The second-order valence-electron chi connectivity index (χ2n) is 11.6. The molecule has 39 heavy (non-hydrogen) atoms. The van der Waals surface area contributed by atoms with E-state index in [1.807, 2.05) is 4.68 Å². The van der Waals surface area contributed by atoms with Crippen LogP contribution in [-0.2, 0) is 0 Å². The molecule has 0 bridgehead atoms. The van der Waals surface area contributed by atoms with E-state index in [0.717, 1.165) is 61.3 Å². The number of fused-ring (bicyclic) bond motifs is 1. The molecule has 2 aromatic heterocycles. The van der Waals surface area contributed by atoms with Crippen LogP contribution in [0.2, 0.25) is 0 Å². The number of pyridine rings is 1. The topological polar surface area (TPSA) is 82.9 Å². The van der Waals surface area contributed by atoms with Crippen LogP contribution in [0.25, 0.3) is 10.9 Å². The van der Waals surface area contributed by atoms with E-state index in [1.54, 1.807) is 0 Å². The van der Waals surface area contributed by atoms with Gasteiger partial charge >= 0.3 is 0 Å². The Labute approximate surface area is 230 Å². The Morgan fingerprint density at radius 1 is 0.872 bits per heavy atom. The van der Waals surface area contributed by atoms with Gasteiger partial charge in [-0.3, -0.25) is 9.69 Å². The maximum Gasteiger partial charge on any atom is 0.253 e.